The molecule has 9 heteroatoms. The largest absolute Gasteiger partial charge is 0.334 e. The van der Waals surface area contributed by atoms with Gasteiger partial charge in [-0.1, -0.05) is 6.92 Å². The van der Waals surface area contributed by atoms with Gasteiger partial charge in [-0.3, -0.25) is 4.68 Å². The van der Waals surface area contributed by atoms with Crippen LogP contribution in [-0.4, -0.2) is 30.8 Å². The minimum Gasteiger partial charge on any atom is -0.334 e. The number of aryl methyl sites for hydroxylation is 1. The van der Waals surface area contributed by atoms with Crippen molar-refractivity contribution in [3.8, 4) is 0 Å². The maximum atomic E-state index is 12.0. The van der Waals surface area contributed by atoms with E-state index in [1.54, 1.807) is 18.3 Å². The van der Waals surface area contributed by atoms with Gasteiger partial charge in [-0.2, -0.15) is 5.10 Å². The molecule has 142 valence electrons. The maximum Gasteiger partial charge on any atom is 0.319 e. The molecule has 0 aliphatic heterocycles. The predicted molar refractivity (Wildman–Crippen MR) is 100 cm³/mol. The zero-order chi connectivity index (χ0) is 19.2. The Morgan fingerprint density at radius 3 is 2.46 bits per heavy atom. The van der Waals surface area contributed by atoms with E-state index in [1.165, 1.54) is 12.1 Å². The predicted octanol–water partition coefficient (Wildman–Crippen LogP) is 2.22. The third-order valence-electron chi connectivity index (χ3n) is 3.91. The van der Waals surface area contributed by atoms with E-state index in [4.69, 9.17) is 0 Å². The van der Waals surface area contributed by atoms with Gasteiger partial charge in [0.1, 0.15) is 0 Å². The lowest BCUT2D eigenvalue weighted by Crippen LogP contribution is -2.28. The molecule has 26 heavy (non-hydrogen) atoms. The van der Waals surface area contributed by atoms with Gasteiger partial charge in [0.25, 0.3) is 0 Å². The number of nitrogens with zero attached hydrogens (tertiary/aromatic N) is 2. The SMILES string of the molecule is CCCNS(=O)(=O)c1ccc(NC(=O)NCc2cnn(CC)c2C)cc1. The first-order valence-corrected chi connectivity index (χ1v) is 10.0. The number of aromatic nitrogens is 2. The van der Waals surface area contributed by atoms with E-state index in [-0.39, 0.29) is 10.9 Å². The lowest BCUT2D eigenvalue weighted by Gasteiger charge is -2.09. The van der Waals surface area contributed by atoms with Gasteiger partial charge >= 0.3 is 6.03 Å². The molecule has 0 atom stereocenters. The van der Waals surface area contributed by atoms with Crippen molar-refractivity contribution in [2.24, 2.45) is 0 Å². The number of nitrogens with one attached hydrogen (secondary N) is 3. The lowest BCUT2D eigenvalue weighted by molar-refractivity contribution is 0.251. The Labute approximate surface area is 154 Å². The number of hydrogen-bond acceptors (Lipinski definition) is 4. The van der Waals surface area contributed by atoms with Crippen molar-refractivity contribution in [2.45, 2.75) is 45.2 Å². The van der Waals surface area contributed by atoms with Gasteiger partial charge in [-0.25, -0.2) is 17.9 Å². The highest BCUT2D eigenvalue weighted by Crippen LogP contribution is 2.14. The van der Waals surface area contributed by atoms with Crippen LogP contribution in [0.3, 0.4) is 0 Å². The summed E-state index contributed by atoms with van der Waals surface area (Å²) in [6, 6.07) is 5.67. The normalized spacial score (nSPS) is 11.3. The molecule has 0 fully saturated rings. The van der Waals surface area contributed by atoms with Crippen LogP contribution in [0.4, 0.5) is 10.5 Å². The number of benzene rings is 1. The molecule has 8 nitrogen and oxygen atoms in total. The summed E-state index contributed by atoms with van der Waals surface area (Å²) in [5.74, 6) is 0. The van der Waals surface area contributed by atoms with E-state index in [9.17, 15) is 13.2 Å². The minimum atomic E-state index is -3.51. The summed E-state index contributed by atoms with van der Waals surface area (Å²) >= 11 is 0. The van der Waals surface area contributed by atoms with E-state index in [0.717, 1.165) is 24.2 Å². The van der Waals surface area contributed by atoms with Crippen LogP contribution >= 0.6 is 0 Å². The fourth-order valence-corrected chi connectivity index (χ4v) is 3.50. The molecule has 2 amide bonds. The molecule has 0 radical (unpaired) electrons. The summed E-state index contributed by atoms with van der Waals surface area (Å²) in [5.41, 5.74) is 2.48. The molecule has 1 heterocycles. The summed E-state index contributed by atoms with van der Waals surface area (Å²) in [7, 11) is -3.51. The second-order valence-electron chi connectivity index (χ2n) is 5.80. The van der Waals surface area contributed by atoms with Gasteiger partial charge in [0.05, 0.1) is 11.1 Å². The number of carbonyl (C=O) groups excluding carboxylic acids is 1. The maximum absolute atomic E-state index is 12.0. The third kappa shape index (κ3) is 5.06. The summed E-state index contributed by atoms with van der Waals surface area (Å²) in [6.07, 6.45) is 2.46. The second kappa shape index (κ2) is 8.81. The molecule has 0 aliphatic rings. The van der Waals surface area contributed by atoms with E-state index in [0.29, 0.717) is 18.8 Å². The monoisotopic (exact) mass is 379 g/mol. The van der Waals surface area contributed by atoms with Crippen LogP contribution in [0.15, 0.2) is 35.4 Å². The van der Waals surface area contributed by atoms with Crippen molar-refractivity contribution in [1.82, 2.24) is 19.8 Å². The zero-order valence-corrected chi connectivity index (χ0v) is 16.1. The Morgan fingerprint density at radius 1 is 1.19 bits per heavy atom. The van der Waals surface area contributed by atoms with Crippen LogP contribution in [0.25, 0.3) is 0 Å². The Kier molecular flexibility index (Phi) is 6.76. The number of amides is 2. The fraction of sp³-hybridized carbons (Fsp3) is 0.412. The average Bonchev–Trinajstić information content (AvgIpc) is 2.98. The highest BCUT2D eigenvalue weighted by atomic mass is 32.2. The highest BCUT2D eigenvalue weighted by Gasteiger charge is 2.13. The summed E-state index contributed by atoms with van der Waals surface area (Å²) < 4.78 is 28.4. The molecule has 0 aliphatic carbocycles. The van der Waals surface area contributed by atoms with Crippen molar-refractivity contribution in [1.29, 1.82) is 0 Å². The number of urea groups is 1. The number of carbonyl (C=O) groups is 1. The van der Waals surface area contributed by atoms with Crippen LogP contribution in [0.2, 0.25) is 0 Å². The van der Waals surface area contributed by atoms with Crippen LogP contribution in [0, 0.1) is 6.92 Å². The van der Waals surface area contributed by atoms with Gasteiger partial charge in [-0.15, -0.1) is 0 Å². The van der Waals surface area contributed by atoms with Gasteiger partial charge in [-0.05, 0) is 44.5 Å². The fourth-order valence-electron chi connectivity index (χ4n) is 2.37. The molecule has 0 saturated heterocycles. The Hall–Kier alpha value is -2.39. The average molecular weight is 379 g/mol. The quantitative estimate of drug-likeness (QED) is 0.654. The van der Waals surface area contributed by atoms with Gasteiger partial charge in [0.15, 0.2) is 0 Å². The standard InChI is InChI=1S/C17H25N5O3S/c1-4-10-20-26(24,25)16-8-6-15(7-9-16)21-17(23)18-11-14-12-19-22(5-2)13(14)3/h6-9,12,20H,4-5,10-11H2,1-3H3,(H2,18,21,23). The second-order valence-corrected chi connectivity index (χ2v) is 7.57. The van der Waals surface area contributed by atoms with Crippen molar-refractivity contribution < 1.29 is 13.2 Å². The lowest BCUT2D eigenvalue weighted by atomic mass is 10.2. The molecule has 0 bridgehead atoms. The van der Waals surface area contributed by atoms with Crippen molar-refractivity contribution in [2.75, 3.05) is 11.9 Å². The first-order chi connectivity index (χ1) is 12.4. The van der Waals surface area contributed by atoms with E-state index < -0.39 is 10.0 Å². The Morgan fingerprint density at radius 2 is 1.88 bits per heavy atom. The molecule has 0 unspecified atom stereocenters. The number of sulfonamides is 1. The molecule has 0 saturated carbocycles. The number of rotatable bonds is 8. The smallest absolute Gasteiger partial charge is 0.319 e. The summed E-state index contributed by atoms with van der Waals surface area (Å²) in [6.45, 7) is 7.38. The van der Waals surface area contributed by atoms with Gasteiger partial charge < -0.3 is 10.6 Å². The molecule has 1 aromatic heterocycles. The Bertz CT molecular complexity index is 844. The number of anilines is 1. The van der Waals surface area contributed by atoms with Crippen molar-refractivity contribution in [3.05, 3.63) is 41.7 Å². The molecule has 3 N–H and O–H groups in total. The summed E-state index contributed by atoms with van der Waals surface area (Å²) in [4.78, 5) is 12.2. The highest BCUT2D eigenvalue weighted by molar-refractivity contribution is 7.89. The van der Waals surface area contributed by atoms with Crippen LogP contribution in [-0.2, 0) is 23.1 Å². The van der Waals surface area contributed by atoms with E-state index in [1.807, 2.05) is 25.5 Å². The molecule has 2 rings (SSSR count). The van der Waals surface area contributed by atoms with E-state index in [2.05, 4.69) is 20.5 Å². The van der Waals surface area contributed by atoms with E-state index >= 15 is 0 Å². The molecule has 0 spiro atoms. The van der Waals surface area contributed by atoms with Crippen molar-refractivity contribution in [3.63, 3.8) is 0 Å². The van der Waals surface area contributed by atoms with Gasteiger partial charge in [0.2, 0.25) is 10.0 Å². The third-order valence-corrected chi connectivity index (χ3v) is 5.39. The zero-order valence-electron chi connectivity index (χ0n) is 15.2. The first-order valence-electron chi connectivity index (χ1n) is 8.53. The molecule has 2 aromatic rings. The Balaban J connectivity index is 1.92. The molecular formula is C17H25N5O3S. The van der Waals surface area contributed by atoms with Crippen molar-refractivity contribution >= 4 is 21.7 Å². The first kappa shape index (κ1) is 19.9. The number of hydrogen-bond donors (Lipinski definition) is 3. The molecular weight excluding hydrogens is 354 g/mol. The minimum absolute atomic E-state index is 0.166. The molecule has 1 aromatic carbocycles. The van der Waals surface area contributed by atoms with Crippen LogP contribution in [0.5, 0.6) is 0 Å². The van der Waals surface area contributed by atoms with Crippen LogP contribution in [0.1, 0.15) is 31.5 Å². The van der Waals surface area contributed by atoms with Crippen LogP contribution < -0.4 is 15.4 Å². The summed E-state index contributed by atoms with van der Waals surface area (Å²) in [5, 5.41) is 9.68. The topological polar surface area (TPSA) is 105 Å². The van der Waals surface area contributed by atoms with Gasteiger partial charge in [0, 0.05) is 36.6 Å².